The quantitative estimate of drug-likeness (QED) is 0.433. The van der Waals surface area contributed by atoms with Crippen LogP contribution in [-0.2, 0) is 14.3 Å². The van der Waals surface area contributed by atoms with E-state index < -0.39 is 0 Å². The van der Waals surface area contributed by atoms with Crippen molar-refractivity contribution in [1.82, 2.24) is 24.3 Å². The molecule has 0 N–H and O–H groups in total. The van der Waals surface area contributed by atoms with E-state index in [1.165, 1.54) is 15.8 Å². The maximum absolute atomic E-state index is 13.2. The zero-order valence-electron chi connectivity index (χ0n) is 23.1. The third kappa shape index (κ3) is 6.41. The molecule has 0 saturated carbocycles. The molecule has 3 atom stereocenters. The minimum absolute atomic E-state index is 0.000517. The van der Waals surface area contributed by atoms with Crippen LogP contribution in [0.1, 0.15) is 52.9 Å². The van der Waals surface area contributed by atoms with E-state index in [-0.39, 0.29) is 49.4 Å². The van der Waals surface area contributed by atoms with Gasteiger partial charge in [0.05, 0.1) is 30.0 Å². The van der Waals surface area contributed by atoms with E-state index in [0.29, 0.717) is 30.5 Å². The molecule has 1 unspecified atom stereocenters. The van der Waals surface area contributed by atoms with Gasteiger partial charge >= 0.3 is 12.0 Å². The molecule has 2 amide bonds. The molecule has 2 aromatic heterocycles. The molecule has 1 aliphatic heterocycles. The van der Waals surface area contributed by atoms with Gasteiger partial charge in [-0.2, -0.15) is 5.26 Å². The predicted molar refractivity (Wildman–Crippen MR) is 143 cm³/mol. The molecule has 0 radical (unpaired) electrons. The molecule has 11 heteroatoms. The number of aromatic nitrogens is 3. The van der Waals surface area contributed by atoms with Crippen LogP contribution in [0.25, 0.3) is 11.0 Å². The molecular weight excluding hydrogens is 486 g/mol. The van der Waals surface area contributed by atoms with Gasteiger partial charge in [0.15, 0.2) is 5.65 Å². The van der Waals surface area contributed by atoms with Crippen LogP contribution < -0.4 is 4.90 Å². The Morgan fingerprint density at radius 2 is 2.03 bits per heavy atom. The normalized spacial score (nSPS) is 18.1. The zero-order valence-corrected chi connectivity index (χ0v) is 23.1. The van der Waals surface area contributed by atoms with Crippen molar-refractivity contribution in [3.63, 3.8) is 0 Å². The van der Waals surface area contributed by atoms with Crippen LogP contribution in [-0.4, -0.2) is 88.6 Å². The summed E-state index contributed by atoms with van der Waals surface area (Å²) in [6, 6.07) is 3.47. The molecule has 3 rings (SSSR count). The smallest absolute Gasteiger partial charge is 0.329 e. The summed E-state index contributed by atoms with van der Waals surface area (Å²) in [5.74, 6) is 0.493. The van der Waals surface area contributed by atoms with Crippen LogP contribution in [0.15, 0.2) is 18.6 Å². The average molecular weight is 526 g/mol. The zero-order chi connectivity index (χ0) is 27.8. The largest absolute Gasteiger partial charge is 0.464 e. The molecule has 0 spiro atoms. The van der Waals surface area contributed by atoms with E-state index in [1.54, 1.807) is 18.1 Å². The Kier molecular flexibility index (Phi) is 10.0. The number of nitriles is 1. The van der Waals surface area contributed by atoms with Crippen molar-refractivity contribution < 1.29 is 19.1 Å². The Balaban J connectivity index is 1.72. The lowest BCUT2D eigenvalue weighted by atomic mass is 9.92. The summed E-state index contributed by atoms with van der Waals surface area (Å²) in [5.41, 5.74) is 0.477. The number of carbonyl (C=O) groups is 3. The van der Waals surface area contributed by atoms with Gasteiger partial charge in [0, 0.05) is 33.4 Å². The van der Waals surface area contributed by atoms with Crippen LogP contribution in [0, 0.1) is 23.2 Å². The van der Waals surface area contributed by atoms with Crippen molar-refractivity contribution in [3.8, 4) is 6.07 Å². The number of piperidine rings is 1. The average Bonchev–Trinajstić information content (AvgIpc) is 3.35. The van der Waals surface area contributed by atoms with E-state index in [1.807, 2.05) is 37.9 Å². The van der Waals surface area contributed by atoms with Gasteiger partial charge in [0.2, 0.25) is 5.91 Å². The fourth-order valence-corrected chi connectivity index (χ4v) is 5.01. The Morgan fingerprint density at radius 1 is 1.26 bits per heavy atom. The highest BCUT2D eigenvalue weighted by molar-refractivity contribution is 5.94. The molecule has 1 aliphatic rings. The minimum Gasteiger partial charge on any atom is -0.464 e. The highest BCUT2D eigenvalue weighted by atomic mass is 16.5. The maximum Gasteiger partial charge on any atom is 0.329 e. The highest BCUT2D eigenvalue weighted by Gasteiger charge is 2.33. The third-order valence-electron chi connectivity index (χ3n) is 7.46. The molecule has 206 valence electrons. The molecule has 0 aromatic carbocycles. The monoisotopic (exact) mass is 525 g/mol. The molecule has 1 fully saturated rings. The summed E-state index contributed by atoms with van der Waals surface area (Å²) < 4.78 is 6.89. The van der Waals surface area contributed by atoms with Gasteiger partial charge in [0.25, 0.3) is 0 Å². The molecule has 0 aliphatic carbocycles. The first-order valence-electron chi connectivity index (χ1n) is 13.3. The lowest BCUT2D eigenvalue weighted by Crippen LogP contribution is -2.52. The van der Waals surface area contributed by atoms with Gasteiger partial charge in [-0.05, 0) is 31.2 Å². The highest BCUT2D eigenvalue weighted by Crippen LogP contribution is 2.29. The molecule has 38 heavy (non-hydrogen) atoms. The lowest BCUT2D eigenvalue weighted by Gasteiger charge is -2.42. The summed E-state index contributed by atoms with van der Waals surface area (Å²) in [6.45, 7) is 7.69. The first-order chi connectivity index (χ1) is 18.2. The Bertz CT molecular complexity index is 1170. The standard InChI is InChI=1S/C27H39N7O4/c1-6-8-20(7-2)26(36)38-16-15-31(4)27(37)34-14-11-21-24(29-18-30-25(21)34)32(5)22-17-33(13-10-19(22)3)23(35)9-12-28/h11,14,18-20,22H,6-10,13,15-17H2,1-5H3/t19-,20?,22+/m1/s1. The summed E-state index contributed by atoms with van der Waals surface area (Å²) >= 11 is 0. The van der Waals surface area contributed by atoms with Crippen LogP contribution in [0.3, 0.4) is 0 Å². The molecule has 3 heterocycles. The van der Waals surface area contributed by atoms with E-state index in [0.717, 1.165) is 31.1 Å². The fourth-order valence-electron chi connectivity index (χ4n) is 5.01. The second-order valence-electron chi connectivity index (χ2n) is 10.0. The van der Waals surface area contributed by atoms with Crippen molar-refractivity contribution in [2.75, 3.05) is 45.2 Å². The van der Waals surface area contributed by atoms with Crippen molar-refractivity contribution in [1.29, 1.82) is 5.26 Å². The third-order valence-corrected chi connectivity index (χ3v) is 7.46. The number of amides is 2. The molecule has 11 nitrogen and oxygen atoms in total. The number of rotatable bonds is 10. The number of ether oxygens (including phenoxy) is 1. The summed E-state index contributed by atoms with van der Waals surface area (Å²) in [4.78, 5) is 52.0. The number of hydrogen-bond donors (Lipinski definition) is 0. The Labute approximate surface area is 224 Å². The number of nitrogens with zero attached hydrogens (tertiary/aromatic N) is 7. The van der Waals surface area contributed by atoms with Crippen molar-refractivity contribution in [2.24, 2.45) is 11.8 Å². The van der Waals surface area contributed by atoms with Gasteiger partial charge in [0.1, 0.15) is 25.2 Å². The number of esters is 1. The second kappa shape index (κ2) is 13.2. The van der Waals surface area contributed by atoms with Gasteiger partial charge in [-0.15, -0.1) is 0 Å². The summed E-state index contributed by atoms with van der Waals surface area (Å²) in [6.07, 6.45) is 6.26. The fraction of sp³-hybridized carbons (Fsp3) is 0.630. The topological polar surface area (TPSA) is 125 Å². The molecule has 2 aromatic rings. The summed E-state index contributed by atoms with van der Waals surface area (Å²) in [5, 5.41) is 9.64. The number of fused-ring (bicyclic) bond motifs is 1. The van der Waals surface area contributed by atoms with Crippen molar-refractivity contribution >= 4 is 34.8 Å². The Morgan fingerprint density at radius 3 is 2.71 bits per heavy atom. The van der Waals surface area contributed by atoms with E-state index in [4.69, 9.17) is 10.00 Å². The molecule has 1 saturated heterocycles. The number of anilines is 1. The van der Waals surface area contributed by atoms with Crippen LogP contribution in [0.2, 0.25) is 0 Å². The first-order valence-corrected chi connectivity index (χ1v) is 13.3. The van der Waals surface area contributed by atoms with Gasteiger partial charge < -0.3 is 19.4 Å². The summed E-state index contributed by atoms with van der Waals surface area (Å²) in [7, 11) is 3.60. The van der Waals surface area contributed by atoms with E-state index >= 15 is 0 Å². The van der Waals surface area contributed by atoms with Crippen LogP contribution >= 0.6 is 0 Å². The first kappa shape index (κ1) is 28.9. The molecular formula is C27H39N7O4. The number of likely N-dealkylation sites (N-methyl/N-ethyl adjacent to an activating group) is 2. The van der Waals surface area contributed by atoms with Crippen LogP contribution in [0.5, 0.6) is 0 Å². The number of likely N-dealkylation sites (tertiary alicyclic amines) is 1. The van der Waals surface area contributed by atoms with Gasteiger partial charge in [-0.25, -0.2) is 14.8 Å². The predicted octanol–water partition coefficient (Wildman–Crippen LogP) is 3.29. The van der Waals surface area contributed by atoms with E-state index in [2.05, 4.69) is 16.9 Å². The molecule has 0 bridgehead atoms. The van der Waals surface area contributed by atoms with Crippen molar-refractivity contribution in [3.05, 3.63) is 18.6 Å². The lowest BCUT2D eigenvalue weighted by molar-refractivity contribution is -0.149. The number of hydrogen-bond acceptors (Lipinski definition) is 8. The van der Waals surface area contributed by atoms with Gasteiger partial charge in [-0.3, -0.25) is 14.2 Å². The SMILES string of the molecule is CCCC(CC)C(=O)OCCN(C)C(=O)n1ccc2c(N(C)[C@H]3CN(C(=O)CC#N)CC[C@H]3C)ncnc21. The van der Waals surface area contributed by atoms with Crippen LogP contribution in [0.4, 0.5) is 10.6 Å². The van der Waals surface area contributed by atoms with Gasteiger partial charge in [-0.1, -0.05) is 27.2 Å². The Hall–Kier alpha value is -3.68. The second-order valence-corrected chi connectivity index (χ2v) is 10.0. The van der Waals surface area contributed by atoms with E-state index in [9.17, 15) is 14.4 Å². The number of carbonyl (C=O) groups excluding carboxylic acids is 3. The maximum atomic E-state index is 13.2. The minimum atomic E-state index is -0.289. The van der Waals surface area contributed by atoms with Crippen molar-refractivity contribution in [2.45, 2.75) is 58.9 Å².